The number of carbonyl (C=O) groups excluding carboxylic acids is 1. The van der Waals surface area contributed by atoms with Gasteiger partial charge in [0.15, 0.2) is 11.5 Å². The van der Waals surface area contributed by atoms with Crippen molar-refractivity contribution in [2.45, 2.75) is 44.6 Å². The molecule has 174 valence electrons. The Morgan fingerprint density at radius 2 is 1.69 bits per heavy atom. The second kappa shape index (κ2) is 10.4. The molecule has 1 fully saturated rings. The molecule has 2 aromatic carbocycles. The molecule has 0 spiro atoms. The number of methoxy groups -OCH3 is 2. The molecular weight excluding hydrogens is 428 g/mol. The minimum Gasteiger partial charge on any atom is -0.493 e. The fourth-order valence-electron chi connectivity index (χ4n) is 3.94. The first-order chi connectivity index (χ1) is 15.3. The Kier molecular flexibility index (Phi) is 7.79. The molecule has 1 heterocycles. The van der Waals surface area contributed by atoms with Crippen molar-refractivity contribution >= 4 is 15.9 Å². The highest BCUT2D eigenvalue weighted by Gasteiger charge is 2.28. The first kappa shape index (κ1) is 24.1. The summed E-state index contributed by atoms with van der Waals surface area (Å²) >= 11 is 0. The van der Waals surface area contributed by atoms with Gasteiger partial charge in [0.25, 0.3) is 5.91 Å². The van der Waals surface area contributed by atoms with Gasteiger partial charge in [-0.2, -0.15) is 4.31 Å². The van der Waals surface area contributed by atoms with Gasteiger partial charge in [-0.05, 0) is 62.1 Å². The number of benzene rings is 2. The fourth-order valence-corrected chi connectivity index (χ4v) is 5.49. The Morgan fingerprint density at radius 3 is 2.31 bits per heavy atom. The molecular formula is C24H32N2O5S. The maximum Gasteiger partial charge on any atom is 0.254 e. The van der Waals surface area contributed by atoms with E-state index in [9.17, 15) is 13.2 Å². The van der Waals surface area contributed by atoms with Crippen LogP contribution in [0.2, 0.25) is 0 Å². The summed E-state index contributed by atoms with van der Waals surface area (Å²) in [5, 5.41) is 0. The second-order valence-electron chi connectivity index (χ2n) is 7.95. The lowest BCUT2D eigenvalue weighted by molar-refractivity contribution is 0.0751. The zero-order valence-electron chi connectivity index (χ0n) is 19.3. The third-order valence-corrected chi connectivity index (χ3v) is 7.78. The van der Waals surface area contributed by atoms with E-state index in [4.69, 9.17) is 9.47 Å². The van der Waals surface area contributed by atoms with E-state index in [1.54, 1.807) is 31.3 Å². The minimum atomic E-state index is -3.61. The summed E-state index contributed by atoms with van der Waals surface area (Å²) in [6.45, 7) is 5.64. The molecule has 2 aromatic rings. The summed E-state index contributed by atoms with van der Waals surface area (Å²) < 4.78 is 38.4. The summed E-state index contributed by atoms with van der Waals surface area (Å²) in [6.07, 6.45) is 2.78. The third-order valence-electron chi connectivity index (χ3n) is 5.88. The summed E-state index contributed by atoms with van der Waals surface area (Å²) in [7, 11) is -0.463. The van der Waals surface area contributed by atoms with Crippen molar-refractivity contribution in [3.8, 4) is 11.5 Å². The molecule has 1 amide bonds. The molecule has 8 heteroatoms. The summed E-state index contributed by atoms with van der Waals surface area (Å²) in [4.78, 5) is 15.3. The smallest absolute Gasteiger partial charge is 0.254 e. The third kappa shape index (κ3) is 5.07. The van der Waals surface area contributed by atoms with Gasteiger partial charge < -0.3 is 14.4 Å². The van der Waals surface area contributed by atoms with E-state index in [2.05, 4.69) is 0 Å². The van der Waals surface area contributed by atoms with Gasteiger partial charge >= 0.3 is 0 Å². The highest BCUT2D eigenvalue weighted by molar-refractivity contribution is 7.89. The van der Waals surface area contributed by atoms with Crippen LogP contribution in [0.4, 0.5) is 0 Å². The number of carbonyl (C=O) groups is 1. The highest BCUT2D eigenvalue weighted by Crippen LogP contribution is 2.29. The maximum atomic E-state index is 13.4. The predicted molar refractivity (Wildman–Crippen MR) is 124 cm³/mol. The number of rotatable bonds is 8. The van der Waals surface area contributed by atoms with Gasteiger partial charge in [0.05, 0.1) is 19.1 Å². The Labute approximate surface area is 191 Å². The van der Waals surface area contributed by atoms with Gasteiger partial charge in [0.2, 0.25) is 10.0 Å². The van der Waals surface area contributed by atoms with Crippen molar-refractivity contribution in [3.05, 3.63) is 53.1 Å². The fraction of sp³-hybridized carbons (Fsp3) is 0.458. The molecule has 0 bridgehead atoms. The molecule has 7 nitrogen and oxygen atoms in total. The zero-order chi connectivity index (χ0) is 23.3. The largest absolute Gasteiger partial charge is 0.493 e. The normalized spacial score (nSPS) is 14.8. The van der Waals surface area contributed by atoms with E-state index in [0.717, 1.165) is 30.4 Å². The average Bonchev–Trinajstić information content (AvgIpc) is 2.82. The number of piperidine rings is 1. The Balaban J connectivity index is 1.87. The first-order valence-corrected chi connectivity index (χ1v) is 12.4. The number of ether oxygens (including phenoxy) is 2. The summed E-state index contributed by atoms with van der Waals surface area (Å²) in [6, 6.07) is 10.4. The molecule has 0 atom stereocenters. The van der Waals surface area contributed by atoms with Crippen molar-refractivity contribution in [3.63, 3.8) is 0 Å². The lowest BCUT2D eigenvalue weighted by atomic mass is 10.1. The minimum absolute atomic E-state index is 0.176. The van der Waals surface area contributed by atoms with Gasteiger partial charge in [0, 0.05) is 31.7 Å². The van der Waals surface area contributed by atoms with Crippen molar-refractivity contribution in [2.24, 2.45) is 0 Å². The monoisotopic (exact) mass is 460 g/mol. The molecule has 1 aliphatic rings. The molecule has 0 aromatic heterocycles. The summed E-state index contributed by atoms with van der Waals surface area (Å²) in [5.74, 6) is 1.02. The lowest BCUT2D eigenvalue weighted by Gasteiger charge is -2.26. The van der Waals surface area contributed by atoms with Crippen molar-refractivity contribution < 1.29 is 22.7 Å². The number of aryl methyl sites for hydroxylation is 1. The first-order valence-electron chi connectivity index (χ1n) is 10.9. The second-order valence-corrected chi connectivity index (χ2v) is 9.89. The van der Waals surface area contributed by atoms with Crippen LogP contribution in [0, 0.1) is 6.92 Å². The Morgan fingerprint density at radius 1 is 1.00 bits per heavy atom. The lowest BCUT2D eigenvalue weighted by Crippen LogP contribution is -2.36. The SMILES string of the molecule is CCN(Cc1ccc(OC)c(OC)c1)C(=O)c1cc(S(=O)(=O)N2CCCCC2)ccc1C. The number of hydrogen-bond donors (Lipinski definition) is 0. The maximum absolute atomic E-state index is 13.4. The van der Waals surface area contributed by atoms with E-state index >= 15 is 0 Å². The van der Waals surface area contributed by atoms with Crippen LogP contribution in [0.15, 0.2) is 41.3 Å². The Hall–Kier alpha value is -2.58. The molecule has 0 N–H and O–H groups in total. The van der Waals surface area contributed by atoms with Gasteiger partial charge in [0.1, 0.15) is 0 Å². The van der Waals surface area contributed by atoms with Crippen LogP contribution < -0.4 is 9.47 Å². The van der Waals surface area contributed by atoms with Gasteiger partial charge in [-0.25, -0.2) is 8.42 Å². The van der Waals surface area contributed by atoms with Crippen LogP contribution in [0.3, 0.4) is 0 Å². The number of hydrogen-bond acceptors (Lipinski definition) is 5. The highest BCUT2D eigenvalue weighted by atomic mass is 32.2. The number of amides is 1. The quantitative estimate of drug-likeness (QED) is 0.598. The van der Waals surface area contributed by atoms with Crippen LogP contribution in [0.1, 0.15) is 47.7 Å². The number of nitrogens with zero attached hydrogens (tertiary/aromatic N) is 2. The molecule has 0 aliphatic carbocycles. The molecule has 1 saturated heterocycles. The average molecular weight is 461 g/mol. The van der Waals surface area contributed by atoms with Crippen molar-refractivity contribution in [1.82, 2.24) is 9.21 Å². The van der Waals surface area contributed by atoms with Crippen LogP contribution in [0.5, 0.6) is 11.5 Å². The van der Waals surface area contributed by atoms with Crippen molar-refractivity contribution in [1.29, 1.82) is 0 Å². The molecule has 0 saturated carbocycles. The molecule has 0 radical (unpaired) electrons. The van der Waals surface area contributed by atoms with Crippen LogP contribution >= 0.6 is 0 Å². The van der Waals surface area contributed by atoms with Crippen LogP contribution in [0.25, 0.3) is 0 Å². The Bertz CT molecular complexity index is 1060. The molecule has 3 rings (SSSR count). The molecule has 0 unspecified atom stereocenters. The van der Waals surface area contributed by atoms with E-state index in [0.29, 0.717) is 43.2 Å². The van der Waals surface area contributed by atoms with Crippen molar-refractivity contribution in [2.75, 3.05) is 33.9 Å². The van der Waals surface area contributed by atoms with Crippen LogP contribution in [-0.2, 0) is 16.6 Å². The van der Waals surface area contributed by atoms with E-state index in [1.165, 1.54) is 10.4 Å². The topological polar surface area (TPSA) is 76.1 Å². The molecule has 32 heavy (non-hydrogen) atoms. The zero-order valence-corrected chi connectivity index (χ0v) is 20.1. The van der Waals surface area contributed by atoms with Gasteiger partial charge in [-0.3, -0.25) is 4.79 Å². The standard InChI is InChI=1S/C24H32N2O5S/c1-5-25(17-19-10-12-22(30-3)23(15-19)31-4)24(27)21-16-20(11-9-18(21)2)32(28,29)26-13-7-6-8-14-26/h9-12,15-16H,5-8,13-14,17H2,1-4H3. The van der Waals surface area contributed by atoms with Crippen LogP contribution in [-0.4, -0.2) is 57.4 Å². The molecule has 1 aliphatic heterocycles. The van der Waals surface area contributed by atoms with E-state index in [1.807, 2.05) is 32.0 Å². The van der Waals surface area contributed by atoms with Gasteiger partial charge in [-0.15, -0.1) is 0 Å². The number of sulfonamides is 1. The summed E-state index contributed by atoms with van der Waals surface area (Å²) in [5.41, 5.74) is 2.05. The van der Waals surface area contributed by atoms with Gasteiger partial charge in [-0.1, -0.05) is 18.6 Å². The predicted octanol–water partition coefficient (Wildman–Crippen LogP) is 3.85. The van der Waals surface area contributed by atoms with E-state index < -0.39 is 10.0 Å². The van der Waals surface area contributed by atoms with E-state index in [-0.39, 0.29) is 10.8 Å².